The van der Waals surface area contributed by atoms with Crippen molar-refractivity contribution in [3.63, 3.8) is 0 Å². The van der Waals surface area contributed by atoms with Gasteiger partial charge in [-0.05, 0) is 30.7 Å². The molecule has 1 aromatic heterocycles. The van der Waals surface area contributed by atoms with Gasteiger partial charge in [0.2, 0.25) is 0 Å². The molecule has 2 aromatic rings. The van der Waals surface area contributed by atoms with Crippen LogP contribution in [0.1, 0.15) is 10.4 Å². The van der Waals surface area contributed by atoms with Gasteiger partial charge in [-0.3, -0.25) is 4.98 Å². The average molecular weight is 220 g/mol. The monoisotopic (exact) mass is 220 g/mol. The van der Waals surface area contributed by atoms with Gasteiger partial charge in [-0.2, -0.15) is 0 Å². The maximum atomic E-state index is 9.36. The van der Waals surface area contributed by atoms with E-state index in [-0.39, 0.29) is 0 Å². The van der Waals surface area contributed by atoms with Crippen molar-refractivity contribution in [2.75, 3.05) is 5.32 Å². The van der Waals surface area contributed by atoms with Gasteiger partial charge in [-0.25, -0.2) is 0 Å². The highest BCUT2D eigenvalue weighted by atomic mass is 32.1. The molecule has 0 atom stereocenters. The number of nitrogens with zero attached hydrogens (tertiary/aromatic N) is 1. The standard InChI is InChI=1S/C11H12N2OS/c1-8-4-9(2-3-11(8)14)13-6-10-5-12-7-15-10/h2-5,7,13-14H,6H2,1H3. The Morgan fingerprint density at radius 1 is 1.47 bits per heavy atom. The first-order valence-corrected chi connectivity index (χ1v) is 5.54. The molecule has 3 nitrogen and oxygen atoms in total. The van der Waals surface area contributed by atoms with Gasteiger partial charge < -0.3 is 10.4 Å². The highest BCUT2D eigenvalue weighted by molar-refractivity contribution is 7.09. The van der Waals surface area contributed by atoms with E-state index >= 15 is 0 Å². The number of benzene rings is 1. The first-order chi connectivity index (χ1) is 7.25. The van der Waals surface area contributed by atoms with E-state index in [9.17, 15) is 5.11 Å². The van der Waals surface area contributed by atoms with E-state index in [2.05, 4.69) is 10.3 Å². The van der Waals surface area contributed by atoms with Crippen LogP contribution in [0, 0.1) is 6.92 Å². The van der Waals surface area contributed by atoms with Gasteiger partial charge in [-0.1, -0.05) is 0 Å². The predicted molar refractivity (Wildman–Crippen MR) is 62.3 cm³/mol. The molecular formula is C11H12N2OS. The molecule has 0 spiro atoms. The molecule has 2 rings (SSSR count). The molecule has 0 unspecified atom stereocenters. The molecule has 0 aliphatic heterocycles. The minimum Gasteiger partial charge on any atom is -0.508 e. The maximum Gasteiger partial charge on any atom is 0.118 e. The van der Waals surface area contributed by atoms with Crippen LogP contribution in [0.25, 0.3) is 0 Å². The van der Waals surface area contributed by atoms with Gasteiger partial charge in [0.15, 0.2) is 0 Å². The number of rotatable bonds is 3. The number of phenolic OH excluding ortho intramolecular Hbond substituents is 1. The molecule has 0 fully saturated rings. The van der Waals surface area contributed by atoms with E-state index < -0.39 is 0 Å². The lowest BCUT2D eigenvalue weighted by Gasteiger charge is -2.06. The minimum absolute atomic E-state index is 0.332. The van der Waals surface area contributed by atoms with Crippen molar-refractivity contribution in [2.24, 2.45) is 0 Å². The lowest BCUT2D eigenvalue weighted by atomic mass is 10.2. The van der Waals surface area contributed by atoms with Gasteiger partial charge in [-0.15, -0.1) is 11.3 Å². The van der Waals surface area contributed by atoms with E-state index in [4.69, 9.17) is 0 Å². The number of nitrogens with one attached hydrogen (secondary N) is 1. The van der Waals surface area contributed by atoms with Crippen molar-refractivity contribution in [3.05, 3.63) is 40.3 Å². The van der Waals surface area contributed by atoms with Gasteiger partial charge in [0, 0.05) is 16.8 Å². The smallest absolute Gasteiger partial charge is 0.118 e. The maximum absolute atomic E-state index is 9.36. The quantitative estimate of drug-likeness (QED) is 0.782. The van der Waals surface area contributed by atoms with Gasteiger partial charge in [0.1, 0.15) is 5.75 Å². The number of hydrogen-bond acceptors (Lipinski definition) is 4. The highest BCUT2D eigenvalue weighted by Crippen LogP contribution is 2.20. The van der Waals surface area contributed by atoms with Gasteiger partial charge in [0.05, 0.1) is 12.1 Å². The zero-order chi connectivity index (χ0) is 10.7. The van der Waals surface area contributed by atoms with E-state index in [0.717, 1.165) is 17.8 Å². The Morgan fingerprint density at radius 2 is 2.33 bits per heavy atom. The molecular weight excluding hydrogens is 208 g/mol. The number of hydrogen-bond donors (Lipinski definition) is 2. The Morgan fingerprint density at radius 3 is 3.00 bits per heavy atom. The topological polar surface area (TPSA) is 45.2 Å². The number of aromatic nitrogens is 1. The molecule has 0 amide bonds. The number of phenols is 1. The average Bonchev–Trinajstić information content (AvgIpc) is 2.73. The third-order valence-corrected chi connectivity index (χ3v) is 2.93. The second-order valence-electron chi connectivity index (χ2n) is 3.32. The number of thiazole rings is 1. The summed E-state index contributed by atoms with van der Waals surface area (Å²) in [6.07, 6.45) is 1.85. The third kappa shape index (κ3) is 2.47. The van der Waals surface area contributed by atoms with Crippen LogP contribution in [0.5, 0.6) is 5.75 Å². The molecule has 78 valence electrons. The summed E-state index contributed by atoms with van der Waals surface area (Å²) in [4.78, 5) is 5.20. The molecule has 1 heterocycles. The minimum atomic E-state index is 0.332. The Labute approximate surface area is 92.4 Å². The molecule has 0 saturated carbocycles. The number of anilines is 1. The fourth-order valence-corrected chi connectivity index (χ4v) is 1.82. The van der Waals surface area contributed by atoms with Crippen molar-refractivity contribution >= 4 is 17.0 Å². The lowest BCUT2D eigenvalue weighted by molar-refractivity contribution is 0.471. The van der Waals surface area contributed by atoms with E-state index in [0.29, 0.717) is 5.75 Å². The number of aryl methyl sites for hydroxylation is 1. The Balaban J connectivity index is 2.02. The van der Waals surface area contributed by atoms with Crippen LogP contribution in [0.2, 0.25) is 0 Å². The summed E-state index contributed by atoms with van der Waals surface area (Å²) < 4.78 is 0. The van der Waals surface area contributed by atoms with Gasteiger partial charge in [0.25, 0.3) is 0 Å². The fraction of sp³-hybridized carbons (Fsp3) is 0.182. The molecule has 0 saturated heterocycles. The molecule has 0 bridgehead atoms. The van der Waals surface area contributed by atoms with Crippen molar-refractivity contribution in [2.45, 2.75) is 13.5 Å². The summed E-state index contributed by atoms with van der Waals surface area (Å²) in [7, 11) is 0. The second kappa shape index (κ2) is 4.31. The second-order valence-corrected chi connectivity index (χ2v) is 4.29. The first-order valence-electron chi connectivity index (χ1n) is 4.66. The van der Waals surface area contributed by atoms with Crippen LogP contribution in [-0.4, -0.2) is 10.1 Å². The van der Waals surface area contributed by atoms with Crippen molar-refractivity contribution in [3.8, 4) is 5.75 Å². The Bertz CT molecular complexity index is 440. The number of aromatic hydroxyl groups is 1. The molecule has 2 N–H and O–H groups in total. The molecule has 0 aliphatic carbocycles. The summed E-state index contributed by atoms with van der Waals surface area (Å²) in [5.41, 5.74) is 3.71. The molecule has 4 heteroatoms. The van der Waals surface area contributed by atoms with Crippen LogP contribution in [-0.2, 0) is 6.54 Å². The lowest BCUT2D eigenvalue weighted by Crippen LogP contribution is -1.97. The molecule has 15 heavy (non-hydrogen) atoms. The van der Waals surface area contributed by atoms with Crippen LogP contribution in [0.3, 0.4) is 0 Å². The third-order valence-electron chi connectivity index (χ3n) is 2.15. The van der Waals surface area contributed by atoms with E-state index in [1.54, 1.807) is 17.4 Å². The summed E-state index contributed by atoms with van der Waals surface area (Å²) in [5, 5.41) is 12.6. The molecule has 0 aliphatic rings. The Kier molecular flexibility index (Phi) is 2.87. The largest absolute Gasteiger partial charge is 0.508 e. The predicted octanol–water partition coefficient (Wildman–Crippen LogP) is 2.77. The van der Waals surface area contributed by atoms with Crippen molar-refractivity contribution < 1.29 is 5.11 Å². The molecule has 0 radical (unpaired) electrons. The highest BCUT2D eigenvalue weighted by Gasteiger charge is 1.98. The van der Waals surface area contributed by atoms with Crippen molar-refractivity contribution in [1.82, 2.24) is 4.98 Å². The van der Waals surface area contributed by atoms with Crippen molar-refractivity contribution in [1.29, 1.82) is 0 Å². The SMILES string of the molecule is Cc1cc(NCc2cncs2)ccc1O. The van der Waals surface area contributed by atoms with Crippen LogP contribution in [0.4, 0.5) is 5.69 Å². The Hall–Kier alpha value is -1.55. The van der Waals surface area contributed by atoms with Crippen LogP contribution in [0.15, 0.2) is 29.9 Å². The van der Waals surface area contributed by atoms with E-state index in [1.165, 1.54) is 4.88 Å². The van der Waals surface area contributed by atoms with Crippen LogP contribution >= 0.6 is 11.3 Å². The summed E-state index contributed by atoms with van der Waals surface area (Å²) in [6.45, 7) is 2.65. The zero-order valence-corrected chi connectivity index (χ0v) is 9.21. The first kappa shape index (κ1) is 9.98. The fourth-order valence-electron chi connectivity index (χ4n) is 1.28. The van der Waals surface area contributed by atoms with Crippen LogP contribution < -0.4 is 5.32 Å². The summed E-state index contributed by atoms with van der Waals surface area (Å²) >= 11 is 1.63. The summed E-state index contributed by atoms with van der Waals surface area (Å²) in [5.74, 6) is 0.332. The van der Waals surface area contributed by atoms with E-state index in [1.807, 2.05) is 30.8 Å². The zero-order valence-electron chi connectivity index (χ0n) is 8.40. The normalized spacial score (nSPS) is 10.2. The molecule has 1 aromatic carbocycles. The summed E-state index contributed by atoms with van der Waals surface area (Å²) in [6, 6.07) is 5.49. The van der Waals surface area contributed by atoms with Gasteiger partial charge >= 0.3 is 0 Å².